The molecule has 1 fully saturated rings. The second-order valence-electron chi connectivity index (χ2n) is 9.86. The van der Waals surface area contributed by atoms with Gasteiger partial charge in [0.2, 0.25) is 5.91 Å². The highest BCUT2D eigenvalue weighted by Crippen LogP contribution is 2.38. The molecule has 0 saturated carbocycles. The Morgan fingerprint density at radius 2 is 2.06 bits per heavy atom. The molecule has 2 heterocycles. The van der Waals surface area contributed by atoms with Gasteiger partial charge < -0.3 is 24.8 Å². The summed E-state index contributed by atoms with van der Waals surface area (Å²) in [6, 6.07) is 9.54. The van der Waals surface area contributed by atoms with Gasteiger partial charge in [-0.25, -0.2) is 0 Å². The third kappa shape index (κ3) is 6.33. The molecule has 2 aromatic carbocycles. The van der Waals surface area contributed by atoms with Crippen molar-refractivity contribution in [1.82, 2.24) is 9.80 Å². The number of carbonyl (C=O) groups excluding carboxylic acids is 1. The van der Waals surface area contributed by atoms with Gasteiger partial charge in [-0.1, -0.05) is 25.4 Å². The van der Waals surface area contributed by atoms with E-state index in [4.69, 9.17) is 31.5 Å². The molecule has 0 unspecified atom stereocenters. The van der Waals surface area contributed by atoms with E-state index < -0.39 is 0 Å². The van der Waals surface area contributed by atoms with Gasteiger partial charge in [-0.15, -0.1) is 0 Å². The number of hydrogen-bond acceptors (Lipinski definition) is 6. The average molecular weight is 502 g/mol. The lowest BCUT2D eigenvalue weighted by atomic mass is 10.0. The Morgan fingerprint density at radius 3 is 2.83 bits per heavy atom. The molecular formula is C27H36ClN3O4. The molecule has 0 bridgehead atoms. The molecule has 7 nitrogen and oxygen atoms in total. The maximum absolute atomic E-state index is 13.7. The molecule has 2 aromatic rings. The van der Waals surface area contributed by atoms with E-state index in [1.54, 1.807) is 7.11 Å². The summed E-state index contributed by atoms with van der Waals surface area (Å²) < 4.78 is 17.1. The summed E-state index contributed by atoms with van der Waals surface area (Å²) in [5.74, 6) is 2.56. The van der Waals surface area contributed by atoms with Crippen LogP contribution in [0.15, 0.2) is 30.3 Å². The van der Waals surface area contributed by atoms with Crippen LogP contribution in [0.5, 0.6) is 17.2 Å². The van der Waals surface area contributed by atoms with Crippen LogP contribution in [-0.4, -0.2) is 55.7 Å². The minimum atomic E-state index is -0.0447. The lowest BCUT2D eigenvalue weighted by Gasteiger charge is -2.28. The molecule has 0 aliphatic carbocycles. The first kappa shape index (κ1) is 25.5. The summed E-state index contributed by atoms with van der Waals surface area (Å²) in [4.78, 5) is 17.9. The van der Waals surface area contributed by atoms with Gasteiger partial charge in [0.05, 0.1) is 31.3 Å². The van der Waals surface area contributed by atoms with Crippen LogP contribution in [0.1, 0.15) is 37.8 Å². The number of nitrogens with two attached hydrogens (primary N) is 1. The number of benzene rings is 2. The van der Waals surface area contributed by atoms with Crippen molar-refractivity contribution >= 4 is 23.2 Å². The van der Waals surface area contributed by atoms with Crippen LogP contribution >= 0.6 is 11.6 Å². The summed E-state index contributed by atoms with van der Waals surface area (Å²) in [6.45, 7) is 8.91. The van der Waals surface area contributed by atoms with Crippen molar-refractivity contribution in [3.63, 3.8) is 0 Å². The first-order valence-corrected chi connectivity index (χ1v) is 12.7. The van der Waals surface area contributed by atoms with E-state index in [0.717, 1.165) is 36.3 Å². The number of ether oxygens (including phenoxy) is 3. The lowest BCUT2D eigenvalue weighted by molar-refractivity contribution is -0.136. The van der Waals surface area contributed by atoms with E-state index in [1.165, 1.54) is 0 Å². The largest absolute Gasteiger partial charge is 0.496 e. The molecule has 190 valence electrons. The Labute approximate surface area is 213 Å². The van der Waals surface area contributed by atoms with E-state index in [0.29, 0.717) is 67.5 Å². The number of likely N-dealkylation sites (tertiary alicyclic amines) is 1. The zero-order chi connectivity index (χ0) is 24.9. The van der Waals surface area contributed by atoms with E-state index in [-0.39, 0.29) is 11.8 Å². The normalized spacial score (nSPS) is 17.9. The highest BCUT2D eigenvalue weighted by Gasteiger charge is 2.32. The molecule has 1 atom stereocenters. The van der Waals surface area contributed by atoms with Crippen LogP contribution in [0.2, 0.25) is 5.02 Å². The zero-order valence-corrected chi connectivity index (χ0v) is 21.6. The van der Waals surface area contributed by atoms with Crippen LogP contribution < -0.4 is 19.9 Å². The predicted molar refractivity (Wildman–Crippen MR) is 138 cm³/mol. The third-order valence-electron chi connectivity index (χ3n) is 6.45. The van der Waals surface area contributed by atoms with Crippen LogP contribution in [0.3, 0.4) is 0 Å². The first-order chi connectivity index (χ1) is 16.8. The van der Waals surface area contributed by atoms with Gasteiger partial charge in [0.15, 0.2) is 11.5 Å². The minimum absolute atomic E-state index is 0.0447. The number of halogens is 1. The number of fused-ring (bicyclic) bond motifs is 1. The maximum Gasteiger partial charge on any atom is 0.227 e. The zero-order valence-electron chi connectivity index (χ0n) is 20.9. The number of methoxy groups -OCH3 is 1. The van der Waals surface area contributed by atoms with Gasteiger partial charge >= 0.3 is 0 Å². The van der Waals surface area contributed by atoms with Crippen LogP contribution in [0, 0.1) is 11.8 Å². The molecule has 4 rings (SSSR count). The molecule has 8 heteroatoms. The molecule has 2 N–H and O–H groups in total. The number of carbonyl (C=O) groups is 1. The first-order valence-electron chi connectivity index (χ1n) is 12.4. The van der Waals surface area contributed by atoms with Gasteiger partial charge in [0.1, 0.15) is 5.75 Å². The molecule has 0 aromatic heterocycles. The van der Waals surface area contributed by atoms with E-state index >= 15 is 0 Å². The molecule has 2 aliphatic rings. The summed E-state index contributed by atoms with van der Waals surface area (Å²) in [7, 11) is 1.67. The smallest absolute Gasteiger partial charge is 0.227 e. The number of nitrogens with zero attached hydrogens (tertiary/aromatic N) is 2. The number of amides is 1. The molecule has 0 radical (unpaired) electrons. The number of anilines is 1. The number of rotatable bonds is 8. The molecule has 1 amide bonds. The molecular weight excluding hydrogens is 466 g/mol. The van der Waals surface area contributed by atoms with Crippen molar-refractivity contribution in [1.29, 1.82) is 0 Å². The SMILES string of the molecule is COc1ccc(N)cc1CN1CC[C@@H](C(=O)N(Cc2cc(Cl)c3c(c2)OCCCO3)CC(C)C)C1. The Balaban J connectivity index is 1.46. The quantitative estimate of drug-likeness (QED) is 0.533. The van der Waals surface area contributed by atoms with Gasteiger partial charge in [-0.05, 0) is 54.8 Å². The lowest BCUT2D eigenvalue weighted by Crippen LogP contribution is -2.39. The van der Waals surface area contributed by atoms with E-state index in [9.17, 15) is 4.79 Å². The standard InChI is InChI=1S/C27H36ClN3O4/c1-18(2)14-31(15-19-11-23(28)26-25(12-19)34-9-4-10-35-26)27(32)20-7-8-30(16-20)17-21-13-22(29)5-6-24(21)33-3/h5-6,11-13,18,20H,4,7-10,14-17,29H2,1-3H3/t20-/m1/s1. The fourth-order valence-corrected chi connectivity index (χ4v) is 5.16. The molecule has 0 spiro atoms. The highest BCUT2D eigenvalue weighted by atomic mass is 35.5. The van der Waals surface area contributed by atoms with Crippen molar-refractivity contribution in [3.8, 4) is 17.2 Å². The van der Waals surface area contributed by atoms with E-state index in [1.807, 2.05) is 35.2 Å². The summed E-state index contributed by atoms with van der Waals surface area (Å²) in [6.07, 6.45) is 1.65. The van der Waals surface area contributed by atoms with Crippen molar-refractivity contribution in [2.24, 2.45) is 11.8 Å². The summed E-state index contributed by atoms with van der Waals surface area (Å²) >= 11 is 6.51. The second-order valence-corrected chi connectivity index (χ2v) is 10.3. The fourth-order valence-electron chi connectivity index (χ4n) is 4.87. The van der Waals surface area contributed by atoms with Gasteiger partial charge in [-0.2, -0.15) is 0 Å². The van der Waals surface area contributed by atoms with Crippen LogP contribution in [-0.2, 0) is 17.9 Å². The Hall–Kier alpha value is -2.64. The third-order valence-corrected chi connectivity index (χ3v) is 6.73. The number of nitrogen functional groups attached to an aromatic ring is 1. The predicted octanol–water partition coefficient (Wildman–Crippen LogP) is 4.60. The Kier molecular flexibility index (Phi) is 8.29. The van der Waals surface area contributed by atoms with Crippen molar-refractivity contribution < 1.29 is 19.0 Å². The highest BCUT2D eigenvalue weighted by molar-refractivity contribution is 6.32. The Bertz CT molecular complexity index is 1050. The molecule has 35 heavy (non-hydrogen) atoms. The van der Waals surface area contributed by atoms with Gasteiger partial charge in [0, 0.05) is 43.9 Å². The molecule has 2 aliphatic heterocycles. The maximum atomic E-state index is 13.7. The van der Waals surface area contributed by atoms with E-state index in [2.05, 4.69) is 18.7 Å². The second kappa shape index (κ2) is 11.4. The van der Waals surface area contributed by atoms with Crippen LogP contribution in [0.25, 0.3) is 0 Å². The minimum Gasteiger partial charge on any atom is -0.496 e. The fraction of sp³-hybridized carbons (Fsp3) is 0.519. The summed E-state index contributed by atoms with van der Waals surface area (Å²) in [5, 5.41) is 0.527. The Morgan fingerprint density at radius 1 is 1.26 bits per heavy atom. The topological polar surface area (TPSA) is 77.3 Å². The van der Waals surface area contributed by atoms with Crippen molar-refractivity contribution in [3.05, 3.63) is 46.5 Å². The molecule has 1 saturated heterocycles. The monoisotopic (exact) mass is 501 g/mol. The number of hydrogen-bond donors (Lipinski definition) is 1. The van der Waals surface area contributed by atoms with Gasteiger partial charge in [-0.3, -0.25) is 9.69 Å². The van der Waals surface area contributed by atoms with Gasteiger partial charge in [0.25, 0.3) is 0 Å². The van der Waals surface area contributed by atoms with Crippen LogP contribution in [0.4, 0.5) is 5.69 Å². The average Bonchev–Trinajstić information content (AvgIpc) is 3.14. The van der Waals surface area contributed by atoms with Crippen molar-refractivity contribution in [2.75, 3.05) is 45.7 Å². The summed E-state index contributed by atoms with van der Waals surface area (Å²) in [5.41, 5.74) is 8.70. The van der Waals surface area contributed by atoms with Crippen molar-refractivity contribution in [2.45, 2.75) is 39.8 Å².